The van der Waals surface area contributed by atoms with Gasteiger partial charge < -0.3 is 10.1 Å². The second kappa shape index (κ2) is 10.6. The number of benzene rings is 2. The van der Waals surface area contributed by atoms with E-state index in [2.05, 4.69) is 10.3 Å². The highest BCUT2D eigenvalue weighted by Gasteiger charge is 2.21. The number of rotatable bonds is 9. The molecule has 30 heavy (non-hydrogen) atoms. The summed E-state index contributed by atoms with van der Waals surface area (Å²) in [6.07, 6.45) is 6.05. The summed E-state index contributed by atoms with van der Waals surface area (Å²) in [6.45, 7) is 2.29. The predicted octanol–water partition coefficient (Wildman–Crippen LogP) is 3.75. The quantitative estimate of drug-likeness (QED) is 0.419. The van der Waals surface area contributed by atoms with Crippen molar-refractivity contribution in [3.05, 3.63) is 78.1 Å². The molecule has 1 N–H and O–H groups in total. The molecule has 156 valence electrons. The average molecular weight is 424 g/mol. The summed E-state index contributed by atoms with van der Waals surface area (Å²) in [7, 11) is 0. The lowest BCUT2D eigenvalue weighted by molar-refractivity contribution is -0.147. The Morgan fingerprint density at radius 3 is 2.70 bits per heavy atom. The number of aromatic nitrogens is 2. The zero-order chi connectivity index (χ0) is 21.3. The van der Waals surface area contributed by atoms with Gasteiger partial charge in [0.15, 0.2) is 5.16 Å². The zero-order valence-corrected chi connectivity index (χ0v) is 17.9. The fraction of sp³-hybridized carbons (Fsp3) is 0.261. The Balaban J connectivity index is 1.70. The molecule has 0 radical (unpaired) electrons. The Morgan fingerprint density at radius 1 is 1.17 bits per heavy atom. The Labute approximate surface area is 180 Å². The molecular weight excluding hydrogens is 398 g/mol. The number of ether oxygens (including phenoxy) is 1. The van der Waals surface area contributed by atoms with Crippen molar-refractivity contribution in [2.24, 2.45) is 5.92 Å². The van der Waals surface area contributed by atoms with E-state index < -0.39 is 5.92 Å². The number of esters is 1. The van der Waals surface area contributed by atoms with Crippen LogP contribution >= 0.6 is 11.8 Å². The van der Waals surface area contributed by atoms with Gasteiger partial charge in [0.1, 0.15) is 0 Å². The summed E-state index contributed by atoms with van der Waals surface area (Å²) in [4.78, 5) is 29.5. The maximum absolute atomic E-state index is 12.8. The van der Waals surface area contributed by atoms with Gasteiger partial charge in [0.2, 0.25) is 0 Å². The Kier molecular flexibility index (Phi) is 7.68. The second-order valence-corrected chi connectivity index (χ2v) is 7.46. The van der Waals surface area contributed by atoms with Gasteiger partial charge in [-0.15, -0.1) is 0 Å². The van der Waals surface area contributed by atoms with E-state index in [1.807, 2.05) is 65.6 Å². The van der Waals surface area contributed by atoms with Crippen molar-refractivity contribution in [3.8, 4) is 5.69 Å². The third-order valence-corrected chi connectivity index (χ3v) is 5.30. The van der Waals surface area contributed by atoms with Gasteiger partial charge in [0, 0.05) is 30.2 Å². The fourth-order valence-corrected chi connectivity index (χ4v) is 3.68. The highest BCUT2D eigenvalue weighted by molar-refractivity contribution is 7.98. The first kappa shape index (κ1) is 21.6. The first-order chi connectivity index (χ1) is 14.6. The zero-order valence-electron chi connectivity index (χ0n) is 17.1. The molecule has 0 saturated heterocycles. The van der Waals surface area contributed by atoms with Crippen LogP contribution in [0.15, 0.2) is 72.1 Å². The maximum Gasteiger partial charge on any atom is 0.311 e. The molecule has 2 aromatic carbocycles. The highest BCUT2D eigenvalue weighted by Crippen LogP contribution is 2.19. The molecule has 0 aliphatic carbocycles. The van der Waals surface area contributed by atoms with Gasteiger partial charge in [-0.2, -0.15) is 0 Å². The molecule has 6 nitrogen and oxygen atoms in total. The molecule has 1 aromatic heterocycles. The van der Waals surface area contributed by atoms with E-state index in [0.29, 0.717) is 18.6 Å². The molecule has 0 spiro atoms. The number of hydrogen-bond acceptors (Lipinski definition) is 5. The van der Waals surface area contributed by atoms with Crippen molar-refractivity contribution in [1.82, 2.24) is 14.9 Å². The molecule has 7 heteroatoms. The predicted molar refractivity (Wildman–Crippen MR) is 118 cm³/mol. The highest BCUT2D eigenvalue weighted by atomic mass is 32.2. The normalized spacial score (nSPS) is 11.7. The van der Waals surface area contributed by atoms with Crippen molar-refractivity contribution in [2.45, 2.75) is 18.5 Å². The summed E-state index contributed by atoms with van der Waals surface area (Å²) in [5.41, 5.74) is 2.41. The molecule has 0 saturated carbocycles. The van der Waals surface area contributed by atoms with Crippen molar-refractivity contribution in [2.75, 3.05) is 19.4 Å². The van der Waals surface area contributed by atoms with E-state index in [-0.39, 0.29) is 18.4 Å². The van der Waals surface area contributed by atoms with Crippen LogP contribution in [0.3, 0.4) is 0 Å². The summed E-state index contributed by atoms with van der Waals surface area (Å²) in [5, 5.41) is 3.74. The van der Waals surface area contributed by atoms with Crippen molar-refractivity contribution in [1.29, 1.82) is 0 Å². The second-order valence-electron chi connectivity index (χ2n) is 6.68. The minimum atomic E-state index is -0.448. The first-order valence-corrected chi connectivity index (χ1v) is 11.0. The Hall–Kier alpha value is -3.06. The van der Waals surface area contributed by atoms with E-state index in [1.54, 1.807) is 19.2 Å². The lowest BCUT2D eigenvalue weighted by Crippen LogP contribution is -2.35. The van der Waals surface area contributed by atoms with Crippen LogP contribution in [-0.4, -0.2) is 40.8 Å². The van der Waals surface area contributed by atoms with Gasteiger partial charge in [0.05, 0.1) is 12.5 Å². The summed E-state index contributed by atoms with van der Waals surface area (Å²) in [5.74, 6) is -0.986. The van der Waals surface area contributed by atoms with Gasteiger partial charge in [-0.25, -0.2) is 4.98 Å². The number of nitrogens with one attached hydrogen (secondary N) is 1. The minimum absolute atomic E-state index is 0.206. The number of thioether (sulfide) groups is 1. The minimum Gasteiger partial charge on any atom is -0.466 e. The number of carbonyl (C=O) groups is 2. The van der Waals surface area contributed by atoms with Gasteiger partial charge in [-0.1, -0.05) is 48.2 Å². The van der Waals surface area contributed by atoms with Gasteiger partial charge in [-0.3, -0.25) is 14.2 Å². The average Bonchev–Trinajstić information content (AvgIpc) is 3.26. The molecule has 1 amide bonds. The molecular formula is C23H25N3O3S. The molecule has 1 heterocycles. The molecule has 3 aromatic rings. The van der Waals surface area contributed by atoms with Crippen LogP contribution in [-0.2, 0) is 16.0 Å². The standard InChI is InChI=1S/C23H25N3O3S/c1-3-29-22(28)19(14-17-8-5-4-6-9-17)16-25-21(27)18-10-7-11-20(15-18)26-13-12-24-23(26)30-2/h4-13,15,19H,3,14,16H2,1-2H3,(H,25,27). The smallest absolute Gasteiger partial charge is 0.311 e. The maximum atomic E-state index is 12.8. The van der Waals surface area contributed by atoms with Crippen molar-refractivity contribution in [3.63, 3.8) is 0 Å². The molecule has 3 rings (SSSR count). The van der Waals surface area contributed by atoms with Gasteiger partial charge in [-0.05, 0) is 43.4 Å². The van der Waals surface area contributed by atoms with Crippen LogP contribution in [0.25, 0.3) is 5.69 Å². The van der Waals surface area contributed by atoms with E-state index in [0.717, 1.165) is 16.4 Å². The third-order valence-electron chi connectivity index (χ3n) is 4.63. The third kappa shape index (κ3) is 5.51. The fourth-order valence-electron chi connectivity index (χ4n) is 3.15. The van der Waals surface area contributed by atoms with Crippen LogP contribution in [0.5, 0.6) is 0 Å². The van der Waals surface area contributed by atoms with Gasteiger partial charge in [0.25, 0.3) is 5.91 Å². The summed E-state index contributed by atoms with van der Waals surface area (Å²) >= 11 is 1.53. The molecule has 0 bridgehead atoms. The molecule has 0 aliphatic heterocycles. The SMILES string of the molecule is CCOC(=O)C(CNC(=O)c1cccc(-n2ccnc2SC)c1)Cc1ccccc1. The topological polar surface area (TPSA) is 73.2 Å². The van der Waals surface area contributed by atoms with Crippen molar-refractivity contribution >= 4 is 23.6 Å². The Bertz CT molecular complexity index is 988. The Morgan fingerprint density at radius 2 is 1.97 bits per heavy atom. The van der Waals surface area contributed by atoms with Crippen LogP contribution in [0.1, 0.15) is 22.8 Å². The summed E-state index contributed by atoms with van der Waals surface area (Å²) in [6, 6.07) is 17.0. The van der Waals surface area contributed by atoms with Crippen LogP contribution in [0.4, 0.5) is 0 Å². The largest absolute Gasteiger partial charge is 0.466 e. The van der Waals surface area contributed by atoms with Crippen LogP contribution in [0, 0.1) is 5.92 Å². The lowest BCUT2D eigenvalue weighted by Gasteiger charge is -2.17. The number of amides is 1. The monoisotopic (exact) mass is 423 g/mol. The number of hydrogen-bond donors (Lipinski definition) is 1. The van der Waals surface area contributed by atoms with E-state index in [1.165, 1.54) is 11.8 Å². The van der Waals surface area contributed by atoms with Gasteiger partial charge >= 0.3 is 5.97 Å². The molecule has 1 unspecified atom stereocenters. The van der Waals surface area contributed by atoms with E-state index in [4.69, 9.17) is 4.74 Å². The number of carbonyl (C=O) groups excluding carboxylic acids is 2. The van der Waals surface area contributed by atoms with E-state index >= 15 is 0 Å². The molecule has 0 aliphatic rings. The number of nitrogens with zero attached hydrogens (tertiary/aromatic N) is 2. The van der Waals surface area contributed by atoms with Crippen molar-refractivity contribution < 1.29 is 14.3 Å². The van der Waals surface area contributed by atoms with Crippen LogP contribution < -0.4 is 5.32 Å². The molecule has 1 atom stereocenters. The summed E-state index contributed by atoms with van der Waals surface area (Å²) < 4.78 is 7.13. The molecule has 0 fully saturated rings. The van der Waals surface area contributed by atoms with E-state index in [9.17, 15) is 9.59 Å². The lowest BCUT2D eigenvalue weighted by atomic mass is 9.99. The number of imidazole rings is 1. The van der Waals surface area contributed by atoms with Crippen LogP contribution in [0.2, 0.25) is 0 Å². The first-order valence-electron chi connectivity index (χ1n) is 9.79.